The van der Waals surface area contributed by atoms with Gasteiger partial charge in [0.2, 0.25) is 0 Å². The predicted octanol–water partition coefficient (Wildman–Crippen LogP) is 5.01. The van der Waals surface area contributed by atoms with Gasteiger partial charge in [-0.1, -0.05) is 29.8 Å². The van der Waals surface area contributed by atoms with Gasteiger partial charge in [0.1, 0.15) is 0 Å². The molecular weight excluding hydrogens is 466 g/mol. The normalized spacial score (nSPS) is 13.8. The van der Waals surface area contributed by atoms with Gasteiger partial charge in [-0.15, -0.1) is 0 Å². The number of Topliss-reactive ketones (excluding diaryl/α,β-unsaturated/α-hetero) is 1. The Hall–Kier alpha value is -3.62. The first-order chi connectivity index (χ1) is 16.5. The zero-order valence-electron chi connectivity index (χ0n) is 19.9. The molecule has 0 unspecified atom stereocenters. The fraction of sp³-hybridized carbons (Fsp3) is 0.222. The number of phenolic OH excluding ortho intramolecular Hbond substituents is 2. The number of hydrogen-bond acceptors (Lipinski definition) is 6. The van der Waals surface area contributed by atoms with Crippen LogP contribution in [-0.4, -0.2) is 42.1 Å². The Balaban J connectivity index is 0.000000261. The molecule has 35 heavy (non-hydrogen) atoms. The third-order valence-electron chi connectivity index (χ3n) is 5.80. The highest BCUT2D eigenvalue weighted by molar-refractivity contribution is 7.85. The SMILES string of the molecule is CCN(CC)c1ccc(/C=C2\Cc3cc(O)c(O)cc3C2=O)cc1.Cc1ccc(S(=O)(=O)O)cc1. The van der Waals surface area contributed by atoms with Gasteiger partial charge in [0.25, 0.3) is 10.1 Å². The van der Waals surface area contributed by atoms with Crippen LogP contribution in [0.25, 0.3) is 6.08 Å². The van der Waals surface area contributed by atoms with Gasteiger partial charge in [-0.2, -0.15) is 8.42 Å². The van der Waals surface area contributed by atoms with Crippen molar-refractivity contribution in [2.45, 2.75) is 32.1 Å². The number of fused-ring (bicyclic) bond motifs is 1. The Bertz CT molecular complexity index is 1340. The minimum atomic E-state index is -4.02. The first kappa shape index (κ1) is 26.0. The minimum Gasteiger partial charge on any atom is -0.504 e. The van der Waals surface area contributed by atoms with Crippen molar-refractivity contribution in [3.05, 3.63) is 88.5 Å². The molecule has 1 aliphatic rings. The number of anilines is 1. The predicted molar refractivity (Wildman–Crippen MR) is 137 cm³/mol. The average molecular weight is 496 g/mol. The van der Waals surface area contributed by atoms with Crippen molar-refractivity contribution >= 4 is 27.7 Å². The number of allylic oxidation sites excluding steroid dienone is 1. The molecule has 0 bridgehead atoms. The van der Waals surface area contributed by atoms with E-state index in [2.05, 4.69) is 30.9 Å². The lowest BCUT2D eigenvalue weighted by atomic mass is 10.1. The van der Waals surface area contributed by atoms with Crippen molar-refractivity contribution in [3.8, 4) is 11.5 Å². The zero-order chi connectivity index (χ0) is 25.8. The summed E-state index contributed by atoms with van der Waals surface area (Å²) in [4.78, 5) is 14.7. The molecule has 7 nitrogen and oxygen atoms in total. The second kappa shape index (κ2) is 10.8. The Morgan fingerprint density at radius 2 is 1.49 bits per heavy atom. The summed E-state index contributed by atoms with van der Waals surface area (Å²) in [6.45, 7) is 8.00. The number of phenols is 2. The summed E-state index contributed by atoms with van der Waals surface area (Å²) in [6.07, 6.45) is 2.35. The van der Waals surface area contributed by atoms with Gasteiger partial charge in [-0.3, -0.25) is 9.35 Å². The van der Waals surface area contributed by atoms with Crippen molar-refractivity contribution < 1.29 is 28.0 Å². The molecule has 0 heterocycles. The summed E-state index contributed by atoms with van der Waals surface area (Å²) in [6, 6.07) is 16.9. The number of nitrogens with zero attached hydrogens (tertiary/aromatic N) is 1. The van der Waals surface area contributed by atoms with Crippen LogP contribution in [0.2, 0.25) is 0 Å². The van der Waals surface area contributed by atoms with Crippen LogP contribution < -0.4 is 4.90 Å². The van der Waals surface area contributed by atoms with Gasteiger partial charge in [-0.05, 0) is 74.4 Å². The number of benzene rings is 3. The number of hydrogen-bond donors (Lipinski definition) is 3. The monoisotopic (exact) mass is 495 g/mol. The van der Waals surface area contributed by atoms with Crippen molar-refractivity contribution in [1.29, 1.82) is 0 Å². The van der Waals surface area contributed by atoms with Crippen LogP contribution in [-0.2, 0) is 16.5 Å². The van der Waals surface area contributed by atoms with Crippen LogP contribution in [0.3, 0.4) is 0 Å². The second-order valence-corrected chi connectivity index (χ2v) is 9.65. The standard InChI is InChI=1S/C20H21NO3.C7H8O3S/c1-3-21(4-2)16-7-5-13(6-8-16)9-15-10-14-11-18(22)19(23)12-17(14)20(15)24;1-6-2-4-7(5-3-6)11(8,9)10/h5-9,11-12,22-23H,3-4,10H2,1-2H3;2-5H,1H3,(H,8,9,10)/b15-9+;. The summed E-state index contributed by atoms with van der Waals surface area (Å²) < 4.78 is 29.6. The maximum absolute atomic E-state index is 12.5. The third kappa shape index (κ3) is 6.29. The van der Waals surface area contributed by atoms with E-state index in [4.69, 9.17) is 4.55 Å². The van der Waals surface area contributed by atoms with E-state index in [1.165, 1.54) is 24.3 Å². The molecule has 3 aromatic rings. The fourth-order valence-corrected chi connectivity index (χ4v) is 4.31. The molecule has 1 aliphatic carbocycles. The van der Waals surface area contributed by atoms with E-state index in [0.29, 0.717) is 17.6 Å². The van der Waals surface area contributed by atoms with Crippen LogP contribution in [0.15, 0.2) is 71.1 Å². The third-order valence-corrected chi connectivity index (χ3v) is 6.67. The van der Waals surface area contributed by atoms with Crippen LogP contribution in [0.4, 0.5) is 5.69 Å². The Morgan fingerprint density at radius 3 is 2.03 bits per heavy atom. The molecule has 0 atom stereocenters. The number of carbonyl (C=O) groups excluding carboxylic acids is 1. The van der Waals surface area contributed by atoms with Gasteiger partial charge < -0.3 is 15.1 Å². The molecule has 8 heteroatoms. The summed E-state index contributed by atoms with van der Waals surface area (Å²) in [7, 11) is -4.02. The van der Waals surface area contributed by atoms with Crippen LogP contribution >= 0.6 is 0 Å². The van der Waals surface area contributed by atoms with E-state index < -0.39 is 10.1 Å². The van der Waals surface area contributed by atoms with Gasteiger partial charge in [0.05, 0.1) is 4.90 Å². The van der Waals surface area contributed by atoms with Gasteiger partial charge in [0, 0.05) is 36.3 Å². The molecule has 0 aromatic heterocycles. The number of carbonyl (C=O) groups is 1. The Morgan fingerprint density at radius 1 is 0.914 bits per heavy atom. The topological polar surface area (TPSA) is 115 Å². The van der Waals surface area contributed by atoms with E-state index in [1.54, 1.807) is 12.1 Å². The maximum Gasteiger partial charge on any atom is 0.294 e. The first-order valence-corrected chi connectivity index (χ1v) is 12.7. The quantitative estimate of drug-likeness (QED) is 0.259. The molecule has 3 aromatic carbocycles. The highest BCUT2D eigenvalue weighted by Crippen LogP contribution is 2.35. The highest BCUT2D eigenvalue weighted by Gasteiger charge is 2.26. The smallest absolute Gasteiger partial charge is 0.294 e. The molecule has 0 aliphatic heterocycles. The average Bonchev–Trinajstić information content (AvgIpc) is 3.10. The first-order valence-electron chi connectivity index (χ1n) is 11.2. The molecule has 4 rings (SSSR count). The number of ketones is 1. The van der Waals surface area contributed by atoms with Crippen molar-refractivity contribution in [2.75, 3.05) is 18.0 Å². The Kier molecular flexibility index (Phi) is 7.99. The number of aromatic hydroxyl groups is 2. The minimum absolute atomic E-state index is 0.0666. The summed E-state index contributed by atoms with van der Waals surface area (Å²) in [5, 5.41) is 19.2. The molecule has 0 saturated carbocycles. The lowest BCUT2D eigenvalue weighted by Crippen LogP contribution is -2.21. The summed E-state index contributed by atoms with van der Waals surface area (Å²) >= 11 is 0. The van der Waals surface area contributed by atoms with Crippen molar-refractivity contribution in [2.24, 2.45) is 0 Å². The molecular formula is C27H29NO6S. The lowest BCUT2D eigenvalue weighted by Gasteiger charge is -2.20. The molecule has 0 amide bonds. The van der Waals surface area contributed by atoms with E-state index in [1.807, 2.05) is 25.1 Å². The highest BCUT2D eigenvalue weighted by atomic mass is 32.2. The largest absolute Gasteiger partial charge is 0.504 e. The van der Waals surface area contributed by atoms with Gasteiger partial charge >= 0.3 is 0 Å². The van der Waals surface area contributed by atoms with Crippen LogP contribution in [0, 0.1) is 6.92 Å². The maximum atomic E-state index is 12.5. The zero-order valence-corrected chi connectivity index (χ0v) is 20.7. The molecule has 0 saturated heterocycles. The molecule has 3 N–H and O–H groups in total. The number of rotatable bonds is 5. The molecule has 0 fully saturated rings. The molecule has 184 valence electrons. The van der Waals surface area contributed by atoms with E-state index in [9.17, 15) is 23.4 Å². The molecule has 0 spiro atoms. The molecule has 0 radical (unpaired) electrons. The van der Waals surface area contributed by atoms with Crippen molar-refractivity contribution in [1.82, 2.24) is 0 Å². The van der Waals surface area contributed by atoms with Gasteiger partial charge in [-0.25, -0.2) is 0 Å². The lowest BCUT2D eigenvalue weighted by molar-refractivity contribution is 0.104. The van der Waals surface area contributed by atoms with E-state index in [-0.39, 0.29) is 22.2 Å². The Labute approximate surface area is 205 Å². The number of aryl methyl sites for hydroxylation is 1. The van der Waals surface area contributed by atoms with Crippen molar-refractivity contribution in [3.63, 3.8) is 0 Å². The van der Waals surface area contributed by atoms with Gasteiger partial charge in [0.15, 0.2) is 17.3 Å². The summed E-state index contributed by atoms with van der Waals surface area (Å²) in [5.41, 5.74) is 4.98. The van der Waals surface area contributed by atoms with Crippen LogP contribution in [0.5, 0.6) is 11.5 Å². The fourth-order valence-electron chi connectivity index (χ4n) is 3.83. The van der Waals surface area contributed by atoms with E-state index in [0.717, 1.165) is 35.5 Å². The summed E-state index contributed by atoms with van der Waals surface area (Å²) in [5.74, 6) is -0.536. The van der Waals surface area contributed by atoms with E-state index >= 15 is 0 Å². The second-order valence-electron chi connectivity index (χ2n) is 8.23. The van der Waals surface area contributed by atoms with Crippen LogP contribution in [0.1, 0.15) is 40.9 Å².